The quantitative estimate of drug-likeness (QED) is 0.495. The number of rotatable bonds is 4. The summed E-state index contributed by atoms with van der Waals surface area (Å²) in [5.74, 6) is 0.870. The number of hydrogen-bond acceptors (Lipinski definition) is 6. The van der Waals surface area contributed by atoms with Gasteiger partial charge in [0, 0.05) is 36.8 Å². The topological polar surface area (TPSA) is 109 Å². The minimum atomic E-state index is -4.48. The van der Waals surface area contributed by atoms with Gasteiger partial charge in [-0.25, -0.2) is 9.50 Å². The minimum absolute atomic E-state index is 0.0244. The van der Waals surface area contributed by atoms with Crippen LogP contribution in [0.2, 0.25) is 0 Å². The Morgan fingerprint density at radius 2 is 2.00 bits per heavy atom. The highest BCUT2D eigenvalue weighted by Gasteiger charge is 2.44. The fraction of sp³-hybridized carbons (Fsp3) is 0.368. The lowest BCUT2D eigenvalue weighted by molar-refractivity contribution is -0.137. The Bertz CT molecular complexity index is 1070. The zero-order chi connectivity index (χ0) is 21.0. The third kappa shape index (κ3) is 3.73. The summed E-state index contributed by atoms with van der Waals surface area (Å²) in [7, 11) is 0. The summed E-state index contributed by atoms with van der Waals surface area (Å²) < 4.78 is 40.6. The number of aryl methyl sites for hydroxylation is 1. The molecule has 0 aliphatic heterocycles. The molecule has 0 atom stereocenters. The van der Waals surface area contributed by atoms with Gasteiger partial charge in [-0.05, 0) is 36.8 Å². The van der Waals surface area contributed by atoms with Crippen LogP contribution in [-0.2, 0) is 18.3 Å². The fourth-order valence-corrected chi connectivity index (χ4v) is 3.62. The normalized spacial score (nSPS) is 21.9. The molecule has 7 nitrogen and oxygen atoms in total. The third-order valence-corrected chi connectivity index (χ3v) is 5.06. The molecule has 154 valence electrons. The Balaban J connectivity index is 1.63. The highest BCUT2D eigenvalue weighted by Crippen LogP contribution is 2.42. The molecule has 0 radical (unpaired) electrons. The molecular weight excluding hydrogens is 387 g/mol. The smallest absolute Gasteiger partial charge is 0.399 e. The van der Waals surface area contributed by atoms with Crippen molar-refractivity contribution in [1.29, 1.82) is 0 Å². The average Bonchev–Trinajstić information content (AvgIpc) is 3.01. The Morgan fingerprint density at radius 1 is 1.28 bits per heavy atom. The second-order valence-electron chi connectivity index (χ2n) is 7.47. The SMILES string of the molecule is Cc1nc(NCc2cc(N)cc(C(F)(F)F)c2)c2cc(C3(O)CC(O)C3)cn2n1. The third-order valence-electron chi connectivity index (χ3n) is 5.06. The van der Waals surface area contributed by atoms with E-state index in [2.05, 4.69) is 15.4 Å². The van der Waals surface area contributed by atoms with Gasteiger partial charge < -0.3 is 21.3 Å². The molecule has 5 N–H and O–H groups in total. The number of aromatic nitrogens is 3. The lowest BCUT2D eigenvalue weighted by atomic mass is 9.74. The molecule has 2 aromatic heterocycles. The van der Waals surface area contributed by atoms with Crippen LogP contribution in [0.15, 0.2) is 30.5 Å². The van der Waals surface area contributed by atoms with Crippen LogP contribution in [0, 0.1) is 6.92 Å². The minimum Gasteiger partial charge on any atom is -0.399 e. The van der Waals surface area contributed by atoms with Crippen molar-refractivity contribution >= 4 is 17.0 Å². The molecule has 1 aromatic carbocycles. The summed E-state index contributed by atoms with van der Waals surface area (Å²) in [6.45, 7) is 1.76. The Kier molecular flexibility index (Phi) is 4.43. The van der Waals surface area contributed by atoms with E-state index >= 15 is 0 Å². The summed E-state index contributed by atoms with van der Waals surface area (Å²) in [5, 5.41) is 27.5. The van der Waals surface area contributed by atoms with E-state index in [1.54, 1.807) is 23.7 Å². The molecule has 1 aliphatic carbocycles. The Morgan fingerprint density at radius 3 is 2.66 bits per heavy atom. The number of fused-ring (bicyclic) bond motifs is 1. The predicted octanol–water partition coefficient (Wildman–Crippen LogP) is 2.59. The van der Waals surface area contributed by atoms with Crippen LogP contribution in [0.3, 0.4) is 0 Å². The fourth-order valence-electron chi connectivity index (χ4n) is 3.62. The van der Waals surface area contributed by atoms with Crippen LogP contribution >= 0.6 is 0 Å². The van der Waals surface area contributed by atoms with Gasteiger partial charge >= 0.3 is 6.18 Å². The van der Waals surface area contributed by atoms with E-state index in [0.717, 1.165) is 12.1 Å². The monoisotopic (exact) mass is 407 g/mol. The maximum absolute atomic E-state index is 13.0. The van der Waals surface area contributed by atoms with Crippen LogP contribution in [0.4, 0.5) is 24.7 Å². The molecule has 0 spiro atoms. The van der Waals surface area contributed by atoms with Crippen LogP contribution in [-0.4, -0.2) is 30.9 Å². The zero-order valence-electron chi connectivity index (χ0n) is 15.5. The molecule has 10 heteroatoms. The number of aliphatic hydroxyl groups excluding tert-OH is 1. The van der Waals surface area contributed by atoms with Gasteiger partial charge in [-0.15, -0.1) is 0 Å². The molecule has 29 heavy (non-hydrogen) atoms. The maximum Gasteiger partial charge on any atom is 0.416 e. The number of aliphatic hydroxyl groups is 2. The molecule has 0 amide bonds. The number of nitrogens with one attached hydrogen (secondary N) is 1. The number of alkyl halides is 3. The number of nitrogens with zero attached hydrogens (tertiary/aromatic N) is 3. The van der Waals surface area contributed by atoms with Gasteiger partial charge in [-0.2, -0.15) is 18.3 Å². The number of hydrogen-bond donors (Lipinski definition) is 4. The van der Waals surface area contributed by atoms with E-state index < -0.39 is 23.4 Å². The van der Waals surface area contributed by atoms with E-state index in [4.69, 9.17) is 5.73 Å². The number of anilines is 2. The van der Waals surface area contributed by atoms with Gasteiger partial charge in [0.15, 0.2) is 5.82 Å². The van der Waals surface area contributed by atoms with E-state index in [-0.39, 0.29) is 25.1 Å². The highest BCUT2D eigenvalue weighted by molar-refractivity contribution is 5.69. The number of nitrogen functional groups attached to an aromatic ring is 1. The first-order valence-electron chi connectivity index (χ1n) is 9.02. The summed E-state index contributed by atoms with van der Waals surface area (Å²) in [6, 6.07) is 5.11. The van der Waals surface area contributed by atoms with Gasteiger partial charge in [0.2, 0.25) is 0 Å². The molecule has 4 rings (SSSR count). The van der Waals surface area contributed by atoms with Crippen molar-refractivity contribution in [3.05, 3.63) is 53.0 Å². The Hall–Kier alpha value is -2.85. The summed E-state index contributed by atoms with van der Waals surface area (Å²) in [5.41, 5.74) is 5.25. The first-order chi connectivity index (χ1) is 13.5. The largest absolute Gasteiger partial charge is 0.416 e. The first kappa shape index (κ1) is 19.5. The van der Waals surface area contributed by atoms with E-state index in [0.29, 0.717) is 28.3 Å². The average molecular weight is 407 g/mol. The second-order valence-corrected chi connectivity index (χ2v) is 7.47. The summed E-state index contributed by atoms with van der Waals surface area (Å²) in [6.07, 6.45) is -2.88. The standard InChI is InChI=1S/C19H20F3N5O2/c1-10-25-17(24-8-11-2-12(19(20,21)22)4-14(23)3-11)16-5-13(9-27(16)26-10)18(29)6-15(28)7-18/h2-5,9,15,28-29H,6-8,23H2,1H3,(H,24,25,26). The van der Waals surface area contributed by atoms with Gasteiger partial charge in [0.25, 0.3) is 0 Å². The van der Waals surface area contributed by atoms with Crippen molar-refractivity contribution in [2.24, 2.45) is 0 Å². The molecule has 1 fully saturated rings. The van der Waals surface area contributed by atoms with Crippen LogP contribution < -0.4 is 11.1 Å². The zero-order valence-corrected chi connectivity index (χ0v) is 15.5. The van der Waals surface area contributed by atoms with E-state index in [1.165, 1.54) is 6.07 Å². The van der Waals surface area contributed by atoms with Crippen LogP contribution in [0.5, 0.6) is 0 Å². The molecule has 3 aromatic rings. The Labute approximate surface area is 164 Å². The molecule has 2 heterocycles. The van der Waals surface area contributed by atoms with Gasteiger partial charge in [-0.1, -0.05) is 0 Å². The van der Waals surface area contributed by atoms with Crippen molar-refractivity contribution < 1.29 is 23.4 Å². The second kappa shape index (κ2) is 6.60. The summed E-state index contributed by atoms with van der Waals surface area (Å²) >= 11 is 0. The lowest BCUT2D eigenvalue weighted by Gasteiger charge is -2.40. The van der Waals surface area contributed by atoms with Crippen molar-refractivity contribution in [3.8, 4) is 0 Å². The molecule has 1 saturated carbocycles. The van der Waals surface area contributed by atoms with Crippen molar-refractivity contribution in [1.82, 2.24) is 14.6 Å². The number of nitrogens with two attached hydrogens (primary N) is 1. The van der Waals surface area contributed by atoms with Gasteiger partial charge in [0.1, 0.15) is 11.3 Å². The number of halogens is 3. The van der Waals surface area contributed by atoms with Crippen molar-refractivity contribution in [2.75, 3.05) is 11.1 Å². The highest BCUT2D eigenvalue weighted by atomic mass is 19.4. The van der Waals surface area contributed by atoms with Crippen LogP contribution in [0.1, 0.15) is 35.4 Å². The van der Waals surface area contributed by atoms with Gasteiger partial charge in [-0.3, -0.25) is 0 Å². The maximum atomic E-state index is 13.0. The van der Waals surface area contributed by atoms with Crippen molar-refractivity contribution in [2.45, 2.75) is 44.2 Å². The van der Waals surface area contributed by atoms with Crippen LogP contribution in [0.25, 0.3) is 5.52 Å². The number of benzene rings is 1. The van der Waals surface area contributed by atoms with E-state index in [9.17, 15) is 23.4 Å². The molecule has 0 bridgehead atoms. The van der Waals surface area contributed by atoms with Crippen molar-refractivity contribution in [3.63, 3.8) is 0 Å². The molecule has 1 aliphatic rings. The molecule has 0 saturated heterocycles. The predicted molar refractivity (Wildman–Crippen MR) is 100 cm³/mol. The first-order valence-corrected chi connectivity index (χ1v) is 9.02. The van der Waals surface area contributed by atoms with Gasteiger partial charge in [0.05, 0.1) is 17.3 Å². The van der Waals surface area contributed by atoms with E-state index in [1.807, 2.05) is 0 Å². The lowest BCUT2D eigenvalue weighted by Crippen LogP contribution is -2.44. The summed E-state index contributed by atoms with van der Waals surface area (Å²) in [4.78, 5) is 4.34. The molecule has 0 unspecified atom stereocenters. The molecular formula is C19H20F3N5O2.